The van der Waals surface area contributed by atoms with Gasteiger partial charge in [-0.2, -0.15) is 0 Å². The minimum atomic E-state index is 0.631. The van der Waals surface area contributed by atoms with E-state index in [1.807, 2.05) is 66.9 Å². The van der Waals surface area contributed by atoms with Crippen LogP contribution in [-0.2, 0) is 6.42 Å². The molecule has 134 valence electrons. The first-order valence-electron chi connectivity index (χ1n) is 9.28. The molecule has 28 heavy (non-hydrogen) atoms. The third-order valence-corrected chi connectivity index (χ3v) is 4.85. The van der Waals surface area contributed by atoms with Crippen molar-refractivity contribution in [2.75, 3.05) is 0 Å². The zero-order valence-electron chi connectivity index (χ0n) is 15.2. The number of benzene rings is 3. The molecular formula is C24H18N4. The van der Waals surface area contributed by atoms with Crippen LogP contribution in [0.25, 0.3) is 33.4 Å². The van der Waals surface area contributed by atoms with Gasteiger partial charge in [0, 0.05) is 34.6 Å². The van der Waals surface area contributed by atoms with Crippen LogP contribution in [0, 0.1) is 0 Å². The van der Waals surface area contributed by atoms with Crippen molar-refractivity contribution in [3.8, 4) is 22.5 Å². The molecule has 4 heteroatoms. The summed E-state index contributed by atoms with van der Waals surface area (Å²) in [7, 11) is 0. The first-order valence-corrected chi connectivity index (χ1v) is 9.28. The molecule has 0 aliphatic carbocycles. The molecule has 5 rings (SSSR count). The fraction of sp³-hybridized carbons (Fsp3) is 0.0417. The van der Waals surface area contributed by atoms with Crippen molar-refractivity contribution >= 4 is 10.9 Å². The van der Waals surface area contributed by atoms with Gasteiger partial charge in [0.05, 0.1) is 0 Å². The summed E-state index contributed by atoms with van der Waals surface area (Å²) in [6, 6.07) is 28.5. The Hall–Kier alpha value is -3.79. The summed E-state index contributed by atoms with van der Waals surface area (Å²) in [5, 5.41) is 10.2. The molecule has 0 bridgehead atoms. The molecule has 0 unspecified atom stereocenters. The maximum Gasteiger partial charge on any atom is 0.156 e. The maximum absolute atomic E-state index is 4.91. The van der Waals surface area contributed by atoms with E-state index in [9.17, 15) is 0 Å². The number of H-pyrrole nitrogens is 1. The summed E-state index contributed by atoms with van der Waals surface area (Å²) < 4.78 is 0. The van der Waals surface area contributed by atoms with Gasteiger partial charge in [-0.15, -0.1) is 10.2 Å². The summed E-state index contributed by atoms with van der Waals surface area (Å²) in [6.07, 6.45) is 2.66. The van der Waals surface area contributed by atoms with Crippen molar-refractivity contribution in [2.24, 2.45) is 0 Å². The largest absolute Gasteiger partial charge is 0.361 e. The van der Waals surface area contributed by atoms with Crippen molar-refractivity contribution < 1.29 is 0 Å². The van der Waals surface area contributed by atoms with Gasteiger partial charge in [-0.25, -0.2) is 4.98 Å². The van der Waals surface area contributed by atoms with Crippen molar-refractivity contribution in [3.63, 3.8) is 0 Å². The number of hydrogen-bond donors (Lipinski definition) is 1. The molecule has 0 atom stereocenters. The molecule has 0 aliphatic rings. The lowest BCUT2D eigenvalue weighted by molar-refractivity contribution is 0.876. The molecule has 1 N–H and O–H groups in total. The van der Waals surface area contributed by atoms with E-state index in [4.69, 9.17) is 4.98 Å². The number of rotatable bonds is 4. The van der Waals surface area contributed by atoms with Gasteiger partial charge >= 0.3 is 0 Å². The third-order valence-electron chi connectivity index (χ3n) is 4.85. The van der Waals surface area contributed by atoms with Crippen LogP contribution < -0.4 is 0 Å². The zero-order chi connectivity index (χ0) is 18.8. The van der Waals surface area contributed by atoms with Gasteiger partial charge in [-0.3, -0.25) is 0 Å². The Morgan fingerprint density at radius 3 is 2.04 bits per heavy atom. The second kappa shape index (κ2) is 7.08. The molecule has 5 aromatic rings. The lowest BCUT2D eigenvalue weighted by Gasteiger charge is -2.09. The number of para-hydroxylation sites is 1. The lowest BCUT2D eigenvalue weighted by atomic mass is 10.0. The summed E-state index contributed by atoms with van der Waals surface area (Å²) >= 11 is 0. The Morgan fingerprint density at radius 1 is 0.643 bits per heavy atom. The lowest BCUT2D eigenvalue weighted by Crippen LogP contribution is -2.03. The van der Waals surface area contributed by atoms with Gasteiger partial charge in [-0.1, -0.05) is 78.9 Å². The van der Waals surface area contributed by atoms with E-state index in [0.29, 0.717) is 12.2 Å². The maximum atomic E-state index is 4.91. The highest BCUT2D eigenvalue weighted by molar-refractivity contribution is 5.83. The molecule has 0 amide bonds. The average molecular weight is 362 g/mol. The predicted molar refractivity (Wildman–Crippen MR) is 112 cm³/mol. The summed E-state index contributed by atoms with van der Waals surface area (Å²) in [4.78, 5) is 8.23. The van der Waals surface area contributed by atoms with E-state index in [0.717, 1.165) is 28.0 Å². The first kappa shape index (κ1) is 16.4. The van der Waals surface area contributed by atoms with Gasteiger partial charge in [-0.05, 0) is 11.6 Å². The number of fused-ring (bicyclic) bond motifs is 1. The summed E-state index contributed by atoms with van der Waals surface area (Å²) in [6.45, 7) is 0. The zero-order valence-corrected chi connectivity index (χ0v) is 15.2. The fourth-order valence-corrected chi connectivity index (χ4v) is 3.47. The highest BCUT2D eigenvalue weighted by atomic mass is 15.2. The predicted octanol–water partition coefficient (Wildman–Crippen LogP) is 5.28. The van der Waals surface area contributed by atoms with Crippen molar-refractivity contribution in [2.45, 2.75) is 6.42 Å². The van der Waals surface area contributed by atoms with Gasteiger partial charge in [0.2, 0.25) is 0 Å². The minimum absolute atomic E-state index is 0.631. The molecule has 0 spiro atoms. The summed E-state index contributed by atoms with van der Waals surface area (Å²) in [5.74, 6) is 0.711. The third kappa shape index (κ3) is 3.05. The fourth-order valence-electron chi connectivity index (χ4n) is 3.47. The number of aromatic amines is 1. The van der Waals surface area contributed by atoms with Crippen LogP contribution in [-0.4, -0.2) is 20.2 Å². The quantitative estimate of drug-likeness (QED) is 0.473. The van der Waals surface area contributed by atoms with E-state index in [1.165, 1.54) is 10.9 Å². The minimum Gasteiger partial charge on any atom is -0.361 e. The molecule has 0 saturated carbocycles. The topological polar surface area (TPSA) is 54.5 Å². The highest BCUT2D eigenvalue weighted by Gasteiger charge is 2.14. The molecule has 0 fully saturated rings. The van der Waals surface area contributed by atoms with Crippen LogP contribution in [0.2, 0.25) is 0 Å². The van der Waals surface area contributed by atoms with Crippen LogP contribution in [0.4, 0.5) is 0 Å². The van der Waals surface area contributed by atoms with Crippen LogP contribution >= 0.6 is 0 Å². The van der Waals surface area contributed by atoms with E-state index in [2.05, 4.69) is 39.4 Å². The second-order valence-corrected chi connectivity index (χ2v) is 6.69. The number of aromatic nitrogens is 4. The van der Waals surface area contributed by atoms with Crippen molar-refractivity contribution in [3.05, 3.63) is 103 Å². The van der Waals surface area contributed by atoms with Crippen molar-refractivity contribution in [1.82, 2.24) is 20.2 Å². The normalized spacial score (nSPS) is 11.0. The number of nitrogens with one attached hydrogen (secondary N) is 1. The van der Waals surface area contributed by atoms with Crippen LogP contribution in [0.3, 0.4) is 0 Å². The molecule has 2 aromatic heterocycles. The molecule has 0 radical (unpaired) electrons. The first-order chi connectivity index (χ1) is 13.9. The highest BCUT2D eigenvalue weighted by Crippen LogP contribution is 2.28. The van der Waals surface area contributed by atoms with Gasteiger partial charge in [0.15, 0.2) is 5.82 Å². The molecule has 0 saturated heterocycles. The van der Waals surface area contributed by atoms with Gasteiger partial charge in [0.25, 0.3) is 0 Å². The van der Waals surface area contributed by atoms with Crippen LogP contribution in [0.5, 0.6) is 0 Å². The van der Waals surface area contributed by atoms with Crippen molar-refractivity contribution in [1.29, 1.82) is 0 Å². The van der Waals surface area contributed by atoms with Crippen LogP contribution in [0.1, 0.15) is 11.4 Å². The van der Waals surface area contributed by atoms with E-state index >= 15 is 0 Å². The van der Waals surface area contributed by atoms with Gasteiger partial charge < -0.3 is 4.98 Å². The Labute approximate surface area is 162 Å². The smallest absolute Gasteiger partial charge is 0.156 e. The Morgan fingerprint density at radius 2 is 1.29 bits per heavy atom. The van der Waals surface area contributed by atoms with E-state index < -0.39 is 0 Å². The van der Waals surface area contributed by atoms with Crippen LogP contribution in [0.15, 0.2) is 91.1 Å². The molecule has 0 aliphatic heterocycles. The Kier molecular flexibility index (Phi) is 4.14. The Bertz CT molecular complexity index is 1230. The molecule has 3 aromatic carbocycles. The average Bonchev–Trinajstić information content (AvgIpc) is 3.18. The monoisotopic (exact) mass is 362 g/mol. The summed E-state index contributed by atoms with van der Waals surface area (Å²) in [5.41, 5.74) is 6.00. The Balaban J connectivity index is 1.61. The van der Waals surface area contributed by atoms with E-state index in [-0.39, 0.29) is 0 Å². The van der Waals surface area contributed by atoms with E-state index in [1.54, 1.807) is 0 Å². The standard InChI is InChI=1S/C24H18N4/c1-3-9-17(10-4-1)23-24(18-11-5-2-6-12-18)28-27-22(26-23)15-19-16-25-21-14-8-7-13-20(19)21/h1-14,16,25H,15H2. The molecule has 4 nitrogen and oxygen atoms in total. The number of nitrogens with zero attached hydrogens (tertiary/aromatic N) is 3. The molecule has 2 heterocycles. The molecular weight excluding hydrogens is 344 g/mol. The van der Waals surface area contributed by atoms with Gasteiger partial charge in [0.1, 0.15) is 11.4 Å². The number of hydrogen-bond acceptors (Lipinski definition) is 3. The SMILES string of the molecule is c1ccc(-c2nnc(Cc3c[nH]c4ccccc34)nc2-c2ccccc2)cc1. The second-order valence-electron chi connectivity index (χ2n) is 6.69.